The van der Waals surface area contributed by atoms with Crippen molar-refractivity contribution in [2.45, 2.75) is 39.2 Å². The predicted molar refractivity (Wildman–Crippen MR) is 85.7 cm³/mol. The molecule has 22 heavy (non-hydrogen) atoms. The summed E-state index contributed by atoms with van der Waals surface area (Å²) < 4.78 is 0. The average molecular weight is 304 g/mol. The van der Waals surface area contributed by atoms with Crippen LogP contribution in [0.4, 0.5) is 5.69 Å². The summed E-state index contributed by atoms with van der Waals surface area (Å²) >= 11 is 0. The molecular weight excluding hydrogens is 280 g/mol. The second-order valence-electron chi connectivity index (χ2n) is 6.14. The van der Waals surface area contributed by atoms with Gasteiger partial charge in [0.1, 0.15) is 0 Å². The van der Waals surface area contributed by atoms with E-state index in [4.69, 9.17) is 0 Å². The lowest BCUT2D eigenvalue weighted by molar-refractivity contribution is -0.118. The van der Waals surface area contributed by atoms with Crippen LogP contribution in [0.15, 0.2) is 24.3 Å². The monoisotopic (exact) mass is 304 g/mol. The highest BCUT2D eigenvalue weighted by Gasteiger charge is 2.19. The van der Waals surface area contributed by atoms with Crippen molar-refractivity contribution in [3.05, 3.63) is 29.8 Å². The number of aliphatic hydroxyl groups is 1. The molecule has 5 heteroatoms. The Balaban J connectivity index is 1.91. The maximum absolute atomic E-state index is 12.2. The lowest BCUT2D eigenvalue weighted by atomic mass is 10.0. The third kappa shape index (κ3) is 4.31. The number of hydrogen-bond donors (Lipinski definition) is 2. The number of aliphatic hydroxyl groups excluding tert-OH is 1. The van der Waals surface area contributed by atoms with Crippen molar-refractivity contribution in [1.82, 2.24) is 4.90 Å². The zero-order chi connectivity index (χ0) is 16.1. The molecule has 1 saturated heterocycles. The highest BCUT2D eigenvalue weighted by Crippen LogP contribution is 2.16. The van der Waals surface area contributed by atoms with E-state index in [9.17, 15) is 14.7 Å². The number of hydrogen-bond acceptors (Lipinski definition) is 3. The third-order valence-corrected chi connectivity index (χ3v) is 3.97. The van der Waals surface area contributed by atoms with E-state index in [0.717, 1.165) is 25.9 Å². The number of anilines is 1. The van der Waals surface area contributed by atoms with Gasteiger partial charge in [0.05, 0.1) is 12.5 Å². The molecular formula is C17H24N2O3. The molecule has 0 aromatic heterocycles. The van der Waals surface area contributed by atoms with Crippen molar-refractivity contribution in [2.75, 3.05) is 18.4 Å². The van der Waals surface area contributed by atoms with E-state index in [1.165, 1.54) is 0 Å². The van der Waals surface area contributed by atoms with Gasteiger partial charge in [0, 0.05) is 24.3 Å². The van der Waals surface area contributed by atoms with Crippen LogP contribution in [0.3, 0.4) is 0 Å². The van der Waals surface area contributed by atoms with Crippen LogP contribution >= 0.6 is 0 Å². The van der Waals surface area contributed by atoms with E-state index >= 15 is 0 Å². The number of carbonyl (C=O) groups excluding carboxylic acids is 2. The molecule has 0 saturated carbocycles. The number of nitrogens with zero attached hydrogens (tertiary/aromatic N) is 1. The fourth-order valence-corrected chi connectivity index (χ4v) is 2.44. The quantitative estimate of drug-likeness (QED) is 0.876. The molecule has 1 heterocycles. The predicted octanol–water partition coefficient (Wildman–Crippen LogP) is 2.27. The molecule has 0 aliphatic carbocycles. The van der Waals surface area contributed by atoms with Gasteiger partial charge in [0.25, 0.3) is 5.91 Å². The van der Waals surface area contributed by atoms with E-state index in [1.807, 2.05) is 18.7 Å². The number of likely N-dealkylation sites (tertiary alicyclic amines) is 1. The summed E-state index contributed by atoms with van der Waals surface area (Å²) in [6.45, 7) is 5.39. The van der Waals surface area contributed by atoms with Crippen LogP contribution in [0.2, 0.25) is 0 Å². The minimum absolute atomic E-state index is 0.0469. The molecule has 1 aromatic carbocycles. The molecule has 1 aliphatic rings. The van der Waals surface area contributed by atoms with Crippen molar-refractivity contribution in [1.29, 1.82) is 0 Å². The minimum Gasteiger partial charge on any atom is -0.392 e. The third-order valence-electron chi connectivity index (χ3n) is 3.97. The van der Waals surface area contributed by atoms with Gasteiger partial charge in [-0.25, -0.2) is 0 Å². The van der Waals surface area contributed by atoms with Gasteiger partial charge in [-0.1, -0.05) is 13.8 Å². The van der Waals surface area contributed by atoms with Gasteiger partial charge in [-0.2, -0.15) is 0 Å². The Morgan fingerprint density at radius 2 is 1.77 bits per heavy atom. The second kappa shape index (κ2) is 7.40. The lowest BCUT2D eigenvalue weighted by Gasteiger charge is -2.16. The van der Waals surface area contributed by atoms with Crippen LogP contribution < -0.4 is 5.32 Å². The summed E-state index contributed by atoms with van der Waals surface area (Å²) in [6, 6.07) is 6.91. The smallest absolute Gasteiger partial charge is 0.253 e. The van der Waals surface area contributed by atoms with Crippen molar-refractivity contribution < 1.29 is 14.7 Å². The standard InChI is InChI=1S/C17H24N2O3/c1-12(2)15(20)11-16(21)18-14-7-5-13(6-8-14)17(22)19-9-3-4-10-19/h5-8,12,15,20H,3-4,9-11H2,1-2H3,(H,18,21). The van der Waals surface area contributed by atoms with Crippen LogP contribution in [-0.4, -0.2) is 41.0 Å². The number of nitrogens with one attached hydrogen (secondary N) is 1. The molecule has 2 amide bonds. The van der Waals surface area contributed by atoms with Crippen molar-refractivity contribution in [2.24, 2.45) is 5.92 Å². The molecule has 1 fully saturated rings. The molecule has 0 bridgehead atoms. The molecule has 2 N–H and O–H groups in total. The zero-order valence-corrected chi connectivity index (χ0v) is 13.2. The van der Waals surface area contributed by atoms with Crippen LogP contribution in [0, 0.1) is 5.92 Å². The van der Waals surface area contributed by atoms with Gasteiger partial charge < -0.3 is 15.3 Å². The molecule has 1 aromatic rings. The van der Waals surface area contributed by atoms with Gasteiger partial charge in [0.15, 0.2) is 0 Å². The van der Waals surface area contributed by atoms with E-state index in [0.29, 0.717) is 11.3 Å². The summed E-state index contributed by atoms with van der Waals surface area (Å²) in [5.41, 5.74) is 1.28. The first-order chi connectivity index (χ1) is 10.5. The highest BCUT2D eigenvalue weighted by molar-refractivity contribution is 5.96. The molecule has 1 unspecified atom stereocenters. The number of carbonyl (C=O) groups is 2. The van der Waals surface area contributed by atoms with Gasteiger partial charge in [-0.15, -0.1) is 0 Å². The Kier molecular flexibility index (Phi) is 5.55. The normalized spacial score (nSPS) is 15.9. The molecule has 0 spiro atoms. The van der Waals surface area contributed by atoms with Gasteiger partial charge in [0.2, 0.25) is 5.91 Å². The largest absolute Gasteiger partial charge is 0.392 e. The Morgan fingerprint density at radius 1 is 1.18 bits per heavy atom. The maximum Gasteiger partial charge on any atom is 0.253 e. The fraction of sp³-hybridized carbons (Fsp3) is 0.529. The van der Waals surface area contributed by atoms with E-state index in [1.54, 1.807) is 24.3 Å². The number of amides is 2. The van der Waals surface area contributed by atoms with E-state index in [2.05, 4.69) is 5.32 Å². The molecule has 5 nitrogen and oxygen atoms in total. The van der Waals surface area contributed by atoms with Crippen LogP contribution in [0.1, 0.15) is 43.5 Å². The second-order valence-corrected chi connectivity index (χ2v) is 6.14. The highest BCUT2D eigenvalue weighted by atomic mass is 16.3. The fourth-order valence-electron chi connectivity index (χ4n) is 2.44. The zero-order valence-electron chi connectivity index (χ0n) is 13.2. The van der Waals surface area contributed by atoms with Crippen LogP contribution in [0.25, 0.3) is 0 Å². The Bertz CT molecular complexity index is 519. The molecule has 2 rings (SSSR count). The summed E-state index contributed by atoms with van der Waals surface area (Å²) in [6.07, 6.45) is 1.57. The molecule has 120 valence electrons. The maximum atomic E-state index is 12.2. The van der Waals surface area contributed by atoms with Crippen LogP contribution in [-0.2, 0) is 4.79 Å². The molecule has 1 aliphatic heterocycles. The van der Waals surface area contributed by atoms with Gasteiger partial charge in [-0.3, -0.25) is 9.59 Å². The summed E-state index contributed by atoms with van der Waals surface area (Å²) in [7, 11) is 0. The number of benzene rings is 1. The Labute approximate surface area is 131 Å². The first kappa shape index (κ1) is 16.5. The van der Waals surface area contributed by atoms with E-state index < -0.39 is 6.10 Å². The molecule has 0 radical (unpaired) electrons. The minimum atomic E-state index is -0.643. The SMILES string of the molecule is CC(C)C(O)CC(=O)Nc1ccc(C(=O)N2CCCC2)cc1. The average Bonchev–Trinajstić information content (AvgIpc) is 3.01. The van der Waals surface area contributed by atoms with Crippen molar-refractivity contribution in [3.8, 4) is 0 Å². The van der Waals surface area contributed by atoms with Gasteiger partial charge >= 0.3 is 0 Å². The topological polar surface area (TPSA) is 69.6 Å². The summed E-state index contributed by atoms with van der Waals surface area (Å²) in [5.74, 6) is -0.128. The van der Waals surface area contributed by atoms with Crippen LogP contribution in [0.5, 0.6) is 0 Å². The first-order valence-corrected chi connectivity index (χ1v) is 7.84. The van der Waals surface area contributed by atoms with Gasteiger partial charge in [-0.05, 0) is 43.0 Å². The van der Waals surface area contributed by atoms with Crippen molar-refractivity contribution >= 4 is 17.5 Å². The van der Waals surface area contributed by atoms with E-state index in [-0.39, 0.29) is 24.2 Å². The summed E-state index contributed by atoms with van der Waals surface area (Å²) in [5, 5.41) is 12.4. The number of rotatable bonds is 5. The Morgan fingerprint density at radius 3 is 2.32 bits per heavy atom. The molecule has 1 atom stereocenters. The first-order valence-electron chi connectivity index (χ1n) is 7.84. The summed E-state index contributed by atoms with van der Waals surface area (Å²) in [4.78, 5) is 25.9. The Hall–Kier alpha value is -1.88. The lowest BCUT2D eigenvalue weighted by Crippen LogP contribution is -2.27. The van der Waals surface area contributed by atoms with Crippen molar-refractivity contribution in [3.63, 3.8) is 0 Å².